The van der Waals surface area contributed by atoms with Crippen LogP contribution in [-0.2, 0) is 4.79 Å². The van der Waals surface area contributed by atoms with Gasteiger partial charge in [-0.2, -0.15) is 11.3 Å². The number of para-hydroxylation sites is 1. The summed E-state index contributed by atoms with van der Waals surface area (Å²) in [5.41, 5.74) is 1.74. The minimum absolute atomic E-state index is 0.0173. The Hall–Kier alpha value is -2.38. The minimum Gasteiger partial charge on any atom is -0.484 e. The smallest absolute Gasteiger partial charge is 0.260 e. The second kappa shape index (κ2) is 9.53. The normalized spacial score (nSPS) is 14.8. The van der Waals surface area contributed by atoms with Gasteiger partial charge in [-0.3, -0.25) is 14.5 Å². The first-order valence-electron chi connectivity index (χ1n) is 9.12. The zero-order valence-corrected chi connectivity index (χ0v) is 16.3. The van der Waals surface area contributed by atoms with E-state index in [4.69, 9.17) is 4.74 Å². The highest BCUT2D eigenvalue weighted by Crippen LogP contribution is 2.16. The van der Waals surface area contributed by atoms with Crippen LogP contribution in [0.5, 0.6) is 5.75 Å². The lowest BCUT2D eigenvalue weighted by molar-refractivity contribution is -0.135. The maximum atomic E-state index is 12.4. The molecule has 1 aromatic heterocycles. The van der Waals surface area contributed by atoms with Crippen molar-refractivity contribution in [3.63, 3.8) is 0 Å². The van der Waals surface area contributed by atoms with E-state index in [0.717, 1.165) is 30.9 Å². The molecular formula is C20H25N3O3S. The molecule has 3 rings (SSSR count). The summed E-state index contributed by atoms with van der Waals surface area (Å²) in [5.74, 6) is 0.743. The molecule has 1 fully saturated rings. The Balaban J connectivity index is 1.34. The van der Waals surface area contributed by atoms with E-state index in [1.54, 1.807) is 0 Å². The number of ether oxygens (including phenoxy) is 1. The molecule has 0 atom stereocenters. The monoisotopic (exact) mass is 387 g/mol. The maximum absolute atomic E-state index is 12.4. The molecule has 0 radical (unpaired) electrons. The van der Waals surface area contributed by atoms with Gasteiger partial charge >= 0.3 is 0 Å². The van der Waals surface area contributed by atoms with Crippen LogP contribution in [0.3, 0.4) is 0 Å². The van der Waals surface area contributed by atoms with Crippen LogP contribution in [0.25, 0.3) is 0 Å². The van der Waals surface area contributed by atoms with Gasteiger partial charge in [-0.25, -0.2) is 0 Å². The van der Waals surface area contributed by atoms with Crippen LogP contribution in [0.2, 0.25) is 0 Å². The van der Waals surface area contributed by atoms with E-state index in [1.807, 2.05) is 52.9 Å². The topological polar surface area (TPSA) is 61.9 Å². The zero-order chi connectivity index (χ0) is 19.1. The summed E-state index contributed by atoms with van der Waals surface area (Å²) in [6.45, 7) is 6.44. The Bertz CT molecular complexity index is 756. The zero-order valence-electron chi connectivity index (χ0n) is 15.5. The molecule has 2 amide bonds. The average Bonchev–Trinajstić information content (AvgIpc) is 3.22. The highest BCUT2D eigenvalue weighted by Gasteiger charge is 2.21. The molecule has 7 heteroatoms. The Morgan fingerprint density at radius 3 is 2.63 bits per heavy atom. The van der Waals surface area contributed by atoms with E-state index in [1.165, 1.54) is 11.3 Å². The van der Waals surface area contributed by atoms with E-state index in [0.29, 0.717) is 25.2 Å². The summed E-state index contributed by atoms with van der Waals surface area (Å²) in [7, 11) is 0. The molecular weight excluding hydrogens is 362 g/mol. The van der Waals surface area contributed by atoms with Crippen LogP contribution in [0.1, 0.15) is 15.9 Å². The molecule has 2 heterocycles. The van der Waals surface area contributed by atoms with Crippen LogP contribution in [0.15, 0.2) is 41.1 Å². The first-order chi connectivity index (χ1) is 13.1. The number of nitrogens with zero attached hydrogens (tertiary/aromatic N) is 2. The van der Waals surface area contributed by atoms with Gasteiger partial charge in [-0.05, 0) is 30.0 Å². The first-order valence-corrected chi connectivity index (χ1v) is 10.1. The van der Waals surface area contributed by atoms with Gasteiger partial charge in [0.25, 0.3) is 11.8 Å². The predicted octanol–water partition coefficient (Wildman–Crippen LogP) is 2.01. The summed E-state index contributed by atoms with van der Waals surface area (Å²) in [6, 6.07) is 9.53. The number of carbonyl (C=O) groups is 2. The number of amides is 2. The molecule has 2 aromatic rings. The molecule has 1 aliphatic rings. The minimum atomic E-state index is -0.0292. The van der Waals surface area contributed by atoms with Crippen LogP contribution < -0.4 is 10.1 Å². The van der Waals surface area contributed by atoms with Gasteiger partial charge in [-0.1, -0.05) is 18.2 Å². The van der Waals surface area contributed by atoms with Crippen molar-refractivity contribution < 1.29 is 14.3 Å². The Kier molecular flexibility index (Phi) is 6.84. The van der Waals surface area contributed by atoms with E-state index >= 15 is 0 Å². The van der Waals surface area contributed by atoms with Gasteiger partial charge in [-0.15, -0.1) is 0 Å². The lowest BCUT2D eigenvalue weighted by atomic mass is 10.2. The molecule has 0 aliphatic carbocycles. The first kappa shape index (κ1) is 19.4. The third kappa shape index (κ3) is 5.55. The number of thiophene rings is 1. The number of piperazine rings is 1. The van der Waals surface area contributed by atoms with Crippen LogP contribution in [-0.4, -0.2) is 67.5 Å². The molecule has 0 saturated carbocycles. The fourth-order valence-corrected chi connectivity index (χ4v) is 3.63. The van der Waals surface area contributed by atoms with Gasteiger partial charge in [0.1, 0.15) is 5.75 Å². The lowest BCUT2D eigenvalue weighted by Gasteiger charge is -2.34. The van der Waals surface area contributed by atoms with Crippen molar-refractivity contribution in [2.75, 3.05) is 45.9 Å². The summed E-state index contributed by atoms with van der Waals surface area (Å²) in [6.07, 6.45) is 0. The SMILES string of the molecule is Cc1ccccc1OCC(=O)N1CCN(CCNC(=O)c2ccsc2)CC1. The number of benzene rings is 1. The van der Waals surface area contributed by atoms with Crippen molar-refractivity contribution in [1.82, 2.24) is 15.1 Å². The van der Waals surface area contributed by atoms with Gasteiger partial charge in [0.15, 0.2) is 6.61 Å². The van der Waals surface area contributed by atoms with Crippen molar-refractivity contribution in [3.05, 3.63) is 52.2 Å². The Labute approximate surface area is 163 Å². The Morgan fingerprint density at radius 2 is 1.93 bits per heavy atom. The average molecular weight is 388 g/mol. The highest BCUT2D eigenvalue weighted by molar-refractivity contribution is 7.08. The van der Waals surface area contributed by atoms with Gasteiger partial charge in [0, 0.05) is 50.2 Å². The van der Waals surface area contributed by atoms with Crippen LogP contribution >= 0.6 is 11.3 Å². The second-order valence-electron chi connectivity index (χ2n) is 6.54. The molecule has 27 heavy (non-hydrogen) atoms. The lowest BCUT2D eigenvalue weighted by Crippen LogP contribution is -2.51. The maximum Gasteiger partial charge on any atom is 0.260 e. The molecule has 1 saturated heterocycles. The van der Waals surface area contributed by atoms with Crippen LogP contribution in [0, 0.1) is 6.92 Å². The van der Waals surface area contributed by atoms with Crippen molar-refractivity contribution in [1.29, 1.82) is 0 Å². The molecule has 0 spiro atoms. The largest absolute Gasteiger partial charge is 0.484 e. The van der Waals surface area contributed by atoms with Crippen molar-refractivity contribution in [2.24, 2.45) is 0 Å². The molecule has 0 bridgehead atoms. The third-order valence-corrected chi connectivity index (χ3v) is 5.35. The summed E-state index contributed by atoms with van der Waals surface area (Å²) in [5, 5.41) is 6.68. The van der Waals surface area contributed by atoms with Crippen LogP contribution in [0.4, 0.5) is 0 Å². The quantitative estimate of drug-likeness (QED) is 0.790. The van der Waals surface area contributed by atoms with Gasteiger partial charge in [0.2, 0.25) is 0 Å². The van der Waals surface area contributed by atoms with E-state index < -0.39 is 0 Å². The van der Waals surface area contributed by atoms with E-state index in [9.17, 15) is 9.59 Å². The number of rotatable bonds is 7. The van der Waals surface area contributed by atoms with Gasteiger partial charge < -0.3 is 15.0 Å². The van der Waals surface area contributed by atoms with E-state index in [-0.39, 0.29) is 18.4 Å². The number of hydrogen-bond acceptors (Lipinski definition) is 5. The summed E-state index contributed by atoms with van der Waals surface area (Å²) < 4.78 is 5.65. The number of carbonyl (C=O) groups excluding carboxylic acids is 2. The fourth-order valence-electron chi connectivity index (χ4n) is 2.99. The molecule has 144 valence electrons. The summed E-state index contributed by atoms with van der Waals surface area (Å²) in [4.78, 5) is 28.4. The molecule has 1 N–H and O–H groups in total. The van der Waals surface area contributed by atoms with Crippen molar-refractivity contribution >= 4 is 23.2 Å². The number of nitrogens with one attached hydrogen (secondary N) is 1. The molecule has 1 aromatic carbocycles. The molecule has 1 aliphatic heterocycles. The molecule has 6 nitrogen and oxygen atoms in total. The van der Waals surface area contributed by atoms with E-state index in [2.05, 4.69) is 10.2 Å². The fraction of sp³-hybridized carbons (Fsp3) is 0.400. The van der Waals surface area contributed by atoms with Crippen molar-refractivity contribution in [2.45, 2.75) is 6.92 Å². The second-order valence-corrected chi connectivity index (χ2v) is 7.32. The summed E-state index contributed by atoms with van der Waals surface area (Å²) >= 11 is 1.52. The molecule has 0 unspecified atom stereocenters. The standard InChI is InChI=1S/C20H25N3O3S/c1-16-4-2-3-5-18(16)26-14-19(24)23-11-9-22(10-12-23)8-7-21-20(25)17-6-13-27-15-17/h2-6,13,15H,7-12,14H2,1H3,(H,21,25). The Morgan fingerprint density at radius 1 is 1.15 bits per heavy atom. The number of aryl methyl sites for hydroxylation is 1. The van der Waals surface area contributed by atoms with Gasteiger partial charge in [0.05, 0.1) is 0 Å². The predicted molar refractivity (Wildman–Crippen MR) is 106 cm³/mol. The van der Waals surface area contributed by atoms with Crippen molar-refractivity contribution in [3.8, 4) is 5.75 Å². The highest BCUT2D eigenvalue weighted by atomic mass is 32.1. The number of hydrogen-bond donors (Lipinski definition) is 1. The third-order valence-electron chi connectivity index (χ3n) is 4.67.